The Kier molecular flexibility index (Phi) is 7.43. The maximum atomic E-state index is 11.5. The summed E-state index contributed by atoms with van der Waals surface area (Å²) in [6.07, 6.45) is 0. The van der Waals surface area contributed by atoms with E-state index < -0.39 is 15.2 Å². The van der Waals surface area contributed by atoms with Gasteiger partial charge in [-0.25, -0.2) is 10.2 Å². The summed E-state index contributed by atoms with van der Waals surface area (Å²) in [5, 5.41) is 12.9. The van der Waals surface area contributed by atoms with Crippen LogP contribution in [0.15, 0.2) is 0 Å². The topological polar surface area (TPSA) is 210 Å². The number of hydrazine groups is 4. The minimum atomic E-state index is -3.21. The van der Waals surface area contributed by atoms with Crippen molar-refractivity contribution in [3.63, 3.8) is 0 Å². The Hall–Kier alpha value is 0.0600. The molecule has 0 aromatic heterocycles. The van der Waals surface area contributed by atoms with Gasteiger partial charge in [-0.3, -0.25) is 32.5 Å². The third-order valence-corrected chi connectivity index (χ3v) is 4.31. The van der Waals surface area contributed by atoms with Crippen molar-refractivity contribution in [3.05, 3.63) is 0 Å². The number of rotatable bonds is 9. The van der Waals surface area contributed by atoms with Gasteiger partial charge in [-0.15, -0.1) is 0 Å². The fourth-order valence-electron chi connectivity index (χ4n) is 0.684. The molecule has 0 rings (SSSR count). The molecule has 98 valence electrons. The van der Waals surface area contributed by atoms with Gasteiger partial charge in [0.1, 0.15) is 0 Å². The van der Waals surface area contributed by atoms with Crippen LogP contribution < -0.4 is 54.3 Å². The first-order chi connectivity index (χ1) is 7.45. The Morgan fingerprint density at radius 3 is 1.12 bits per heavy atom. The van der Waals surface area contributed by atoms with Gasteiger partial charge in [-0.1, -0.05) is 0 Å². The van der Waals surface area contributed by atoms with Gasteiger partial charge in [0.05, 0.1) is 0 Å². The summed E-state index contributed by atoms with van der Waals surface area (Å²) in [6, 6.07) is 0. The lowest BCUT2D eigenvalue weighted by Gasteiger charge is -2.19. The lowest BCUT2D eigenvalue weighted by atomic mass is 10.7. The number of nitrogens with one attached hydrogen (secondary N) is 6. The molecule has 12 nitrogen and oxygen atoms in total. The molecule has 0 amide bonds. The van der Waals surface area contributed by atoms with E-state index in [1.807, 2.05) is 20.8 Å². The van der Waals surface area contributed by atoms with E-state index in [1.165, 1.54) is 0 Å². The standard InChI is InChI=1S/C2H18N10O2P2/c3-9-15(13,10-4)7-1-2-8-16(14,11-5)12-6/h1-6H2,(H3,7,9,10,13)(H3,8,11,12,14). The SMILES string of the molecule is NNP(=O)(NN)NCCNP(=O)(NN)NN. The zero-order valence-corrected chi connectivity index (χ0v) is 10.2. The Balaban J connectivity index is 3.92. The van der Waals surface area contributed by atoms with E-state index >= 15 is 0 Å². The molecule has 0 saturated heterocycles. The monoisotopic (exact) mass is 276 g/mol. The van der Waals surface area contributed by atoms with Crippen molar-refractivity contribution in [1.82, 2.24) is 31.0 Å². The van der Waals surface area contributed by atoms with E-state index in [0.717, 1.165) is 0 Å². The van der Waals surface area contributed by atoms with Crippen molar-refractivity contribution in [2.45, 2.75) is 0 Å². The second-order valence-electron chi connectivity index (χ2n) is 2.55. The molecule has 0 aliphatic heterocycles. The van der Waals surface area contributed by atoms with Crippen molar-refractivity contribution in [3.8, 4) is 0 Å². The highest BCUT2D eigenvalue weighted by molar-refractivity contribution is 7.57. The summed E-state index contributed by atoms with van der Waals surface area (Å²) in [6.45, 7) is 0.304. The molecule has 0 aliphatic rings. The summed E-state index contributed by atoms with van der Waals surface area (Å²) < 4.78 is 22.9. The van der Waals surface area contributed by atoms with Gasteiger partial charge in [-0.2, -0.15) is 20.8 Å². The molecule has 0 saturated carbocycles. The Morgan fingerprint density at radius 2 is 0.938 bits per heavy atom. The van der Waals surface area contributed by atoms with Crippen molar-refractivity contribution in [2.75, 3.05) is 13.1 Å². The molecule has 0 bridgehead atoms. The van der Waals surface area contributed by atoms with Crippen LogP contribution in [-0.2, 0) is 9.13 Å². The summed E-state index contributed by atoms with van der Waals surface area (Å²) in [5.74, 6) is 19.9. The molecule has 0 spiro atoms. The molecule has 14 heteroatoms. The van der Waals surface area contributed by atoms with Crippen LogP contribution in [0.3, 0.4) is 0 Å². The largest absolute Gasteiger partial charge is 0.304 e. The summed E-state index contributed by atoms with van der Waals surface area (Å²) in [5.41, 5.74) is 0. The van der Waals surface area contributed by atoms with Gasteiger partial charge >= 0.3 is 15.2 Å². The molecule has 0 aromatic rings. The van der Waals surface area contributed by atoms with Crippen molar-refractivity contribution in [1.29, 1.82) is 0 Å². The highest BCUT2D eigenvalue weighted by Crippen LogP contribution is 2.27. The van der Waals surface area contributed by atoms with Crippen LogP contribution in [0, 0.1) is 0 Å². The van der Waals surface area contributed by atoms with Crippen molar-refractivity contribution >= 4 is 15.2 Å². The van der Waals surface area contributed by atoms with Gasteiger partial charge in [-0.05, 0) is 0 Å². The third kappa shape index (κ3) is 5.41. The van der Waals surface area contributed by atoms with Crippen molar-refractivity contribution < 1.29 is 9.13 Å². The summed E-state index contributed by atoms with van der Waals surface area (Å²) in [7, 11) is -6.42. The molecular weight excluding hydrogens is 258 g/mol. The quantitative estimate of drug-likeness (QED) is 0.0850. The van der Waals surface area contributed by atoms with Gasteiger partial charge in [0.2, 0.25) is 0 Å². The molecule has 16 heavy (non-hydrogen) atoms. The molecule has 0 heterocycles. The predicted octanol–water partition coefficient (Wildman–Crippen LogP) is -3.77. The highest BCUT2D eigenvalue weighted by atomic mass is 31.2. The second-order valence-corrected chi connectivity index (χ2v) is 6.65. The van der Waals surface area contributed by atoms with Crippen LogP contribution in [0.25, 0.3) is 0 Å². The average Bonchev–Trinajstić information content (AvgIpc) is 2.34. The molecule has 0 radical (unpaired) electrons. The van der Waals surface area contributed by atoms with Crippen molar-refractivity contribution in [2.24, 2.45) is 23.4 Å². The summed E-state index contributed by atoms with van der Waals surface area (Å²) in [4.78, 5) is 0. The number of hydrogen-bond donors (Lipinski definition) is 10. The zero-order valence-electron chi connectivity index (χ0n) is 8.43. The molecule has 0 atom stereocenters. The third-order valence-electron chi connectivity index (χ3n) is 1.52. The van der Waals surface area contributed by atoms with Crippen LogP contribution in [0.4, 0.5) is 0 Å². The number of nitrogens with two attached hydrogens (primary N) is 4. The normalized spacial score (nSPS) is 13.0. The highest BCUT2D eigenvalue weighted by Gasteiger charge is 2.19. The summed E-state index contributed by atoms with van der Waals surface area (Å²) >= 11 is 0. The van der Waals surface area contributed by atoms with Crippen LogP contribution in [0.1, 0.15) is 0 Å². The van der Waals surface area contributed by atoms with Gasteiger partial charge < -0.3 is 0 Å². The Labute approximate surface area is 92.6 Å². The van der Waals surface area contributed by atoms with E-state index in [-0.39, 0.29) is 13.1 Å². The molecule has 14 N–H and O–H groups in total. The predicted molar refractivity (Wildman–Crippen MR) is 60.5 cm³/mol. The average molecular weight is 276 g/mol. The lowest BCUT2D eigenvalue weighted by Crippen LogP contribution is -2.43. The van der Waals surface area contributed by atoms with Crippen LogP contribution >= 0.6 is 15.2 Å². The molecule has 0 aromatic carbocycles. The fourth-order valence-corrected chi connectivity index (χ4v) is 2.05. The van der Waals surface area contributed by atoms with E-state index in [4.69, 9.17) is 23.4 Å². The minimum Gasteiger partial charge on any atom is -0.268 e. The van der Waals surface area contributed by atoms with Gasteiger partial charge in [0.15, 0.2) is 0 Å². The minimum absolute atomic E-state index is 0.152. The van der Waals surface area contributed by atoms with Crippen LogP contribution in [0.2, 0.25) is 0 Å². The van der Waals surface area contributed by atoms with Gasteiger partial charge in [0, 0.05) is 13.1 Å². The zero-order chi connectivity index (χ0) is 12.7. The Morgan fingerprint density at radius 1 is 0.688 bits per heavy atom. The molecule has 0 unspecified atom stereocenters. The maximum absolute atomic E-state index is 11.5. The Bertz CT molecular complexity index is 238. The van der Waals surface area contributed by atoms with Crippen LogP contribution in [-0.4, -0.2) is 13.1 Å². The first-order valence-corrected chi connectivity index (χ1v) is 7.48. The molecular formula is C2H18N10O2P2. The fraction of sp³-hybridized carbons (Fsp3) is 1.00. The first-order valence-electron chi connectivity index (χ1n) is 4.07. The van der Waals surface area contributed by atoms with E-state index in [0.29, 0.717) is 0 Å². The van der Waals surface area contributed by atoms with Gasteiger partial charge in [0.25, 0.3) is 0 Å². The van der Waals surface area contributed by atoms with E-state index in [9.17, 15) is 9.13 Å². The maximum Gasteiger partial charge on any atom is 0.304 e. The first kappa shape index (κ1) is 16.1. The van der Waals surface area contributed by atoms with Crippen LogP contribution in [0.5, 0.6) is 0 Å². The lowest BCUT2D eigenvalue weighted by molar-refractivity contribution is 0.534. The smallest absolute Gasteiger partial charge is 0.268 e. The van der Waals surface area contributed by atoms with E-state index in [2.05, 4.69) is 10.2 Å². The second kappa shape index (κ2) is 7.40. The molecule has 0 aliphatic carbocycles. The molecule has 0 fully saturated rings. The number of hydrogen-bond acceptors (Lipinski definition) is 6. The van der Waals surface area contributed by atoms with E-state index in [1.54, 1.807) is 0 Å².